The van der Waals surface area contributed by atoms with E-state index in [4.69, 9.17) is 11.6 Å². The zero-order valence-corrected chi connectivity index (χ0v) is 8.52. The molecule has 0 aromatic carbocycles. The van der Waals surface area contributed by atoms with Crippen LogP contribution in [-0.4, -0.2) is 25.6 Å². The monoisotopic (exact) mass is 193 g/mol. The quantitative estimate of drug-likeness (QED) is 0.420. The summed E-state index contributed by atoms with van der Waals surface area (Å²) in [7, 11) is 3.75. The maximum absolute atomic E-state index is 10.4. The molecule has 0 rings (SSSR count). The number of esters is 1. The van der Waals surface area contributed by atoms with Gasteiger partial charge < -0.3 is 10.1 Å². The van der Waals surface area contributed by atoms with Gasteiger partial charge in [-0.15, -0.1) is 0 Å². The normalized spacial score (nSPS) is 10.7. The molecule has 1 atom stereocenters. The molecule has 0 aliphatic heterocycles. The van der Waals surface area contributed by atoms with Crippen molar-refractivity contribution >= 4 is 17.6 Å². The molecule has 0 saturated carbocycles. The summed E-state index contributed by atoms with van der Waals surface area (Å²) in [5, 5.41) is 2.75. The van der Waals surface area contributed by atoms with Gasteiger partial charge in [-0.3, -0.25) is 0 Å². The van der Waals surface area contributed by atoms with Crippen LogP contribution in [0.5, 0.6) is 0 Å². The highest BCUT2D eigenvalue weighted by atomic mass is 35.5. The first-order chi connectivity index (χ1) is 5.62. The van der Waals surface area contributed by atoms with Gasteiger partial charge in [-0.2, -0.15) is 0 Å². The SMILES string of the molecule is C=CC(=O)OC(Cl)CC.CNC. The minimum atomic E-state index is -0.518. The molecule has 1 unspecified atom stereocenters. The molecule has 0 fully saturated rings. The molecule has 0 saturated heterocycles. The summed E-state index contributed by atoms with van der Waals surface area (Å²) in [4.78, 5) is 10.4. The third-order valence-electron chi connectivity index (χ3n) is 0.732. The first-order valence-electron chi connectivity index (χ1n) is 3.67. The van der Waals surface area contributed by atoms with Crippen LogP contribution < -0.4 is 5.32 Å². The largest absolute Gasteiger partial charge is 0.443 e. The Morgan fingerprint density at radius 3 is 2.42 bits per heavy atom. The average molecular weight is 194 g/mol. The Morgan fingerprint density at radius 1 is 1.75 bits per heavy atom. The van der Waals surface area contributed by atoms with Crippen molar-refractivity contribution in [1.29, 1.82) is 0 Å². The van der Waals surface area contributed by atoms with E-state index in [-0.39, 0.29) is 0 Å². The molecule has 1 N–H and O–H groups in total. The third kappa shape index (κ3) is 12.2. The van der Waals surface area contributed by atoms with Crippen molar-refractivity contribution in [3.8, 4) is 0 Å². The van der Waals surface area contributed by atoms with Gasteiger partial charge in [0.1, 0.15) is 0 Å². The average Bonchev–Trinajstić information content (AvgIpc) is 2.05. The second kappa shape index (κ2) is 10.5. The molecule has 0 aromatic rings. The van der Waals surface area contributed by atoms with Crippen LogP contribution in [0.25, 0.3) is 0 Å². The number of rotatable bonds is 3. The van der Waals surface area contributed by atoms with E-state index < -0.39 is 11.5 Å². The molecule has 4 heteroatoms. The molecule has 0 aliphatic rings. The van der Waals surface area contributed by atoms with Crippen molar-refractivity contribution in [1.82, 2.24) is 5.32 Å². The molecule has 0 amide bonds. The van der Waals surface area contributed by atoms with E-state index in [1.54, 1.807) is 0 Å². The number of nitrogens with one attached hydrogen (secondary N) is 1. The summed E-state index contributed by atoms with van der Waals surface area (Å²) >= 11 is 5.45. The predicted molar refractivity (Wildman–Crippen MR) is 51.2 cm³/mol. The van der Waals surface area contributed by atoms with Crippen molar-refractivity contribution in [2.24, 2.45) is 0 Å². The molecule has 0 bridgehead atoms. The summed E-state index contributed by atoms with van der Waals surface area (Å²) in [6, 6.07) is 0. The van der Waals surface area contributed by atoms with Gasteiger partial charge >= 0.3 is 5.97 Å². The number of alkyl halides is 1. The lowest BCUT2D eigenvalue weighted by Crippen LogP contribution is -2.08. The highest BCUT2D eigenvalue weighted by molar-refractivity contribution is 6.20. The minimum absolute atomic E-state index is 0.475. The van der Waals surface area contributed by atoms with E-state index in [9.17, 15) is 4.79 Å². The number of carbonyl (C=O) groups is 1. The Labute approximate surface area is 78.7 Å². The van der Waals surface area contributed by atoms with Crippen LogP contribution in [0.1, 0.15) is 13.3 Å². The van der Waals surface area contributed by atoms with E-state index in [1.165, 1.54) is 0 Å². The van der Waals surface area contributed by atoms with Crippen molar-refractivity contribution in [2.75, 3.05) is 14.1 Å². The zero-order chi connectivity index (χ0) is 9.98. The van der Waals surface area contributed by atoms with E-state index in [1.807, 2.05) is 21.0 Å². The summed E-state index contributed by atoms with van der Waals surface area (Å²) in [5.74, 6) is -0.475. The van der Waals surface area contributed by atoms with Crippen molar-refractivity contribution in [2.45, 2.75) is 18.9 Å². The van der Waals surface area contributed by atoms with Crippen LogP contribution in [0.2, 0.25) is 0 Å². The zero-order valence-electron chi connectivity index (χ0n) is 7.76. The lowest BCUT2D eigenvalue weighted by molar-refractivity contribution is -0.139. The third-order valence-corrected chi connectivity index (χ3v) is 1.13. The Balaban J connectivity index is 0. The molecule has 3 nitrogen and oxygen atoms in total. The number of hydrogen-bond acceptors (Lipinski definition) is 3. The standard InChI is InChI=1S/C6H9ClO2.C2H7N/c1-3-5(7)9-6(8)4-2;1-3-2/h4-5H,2-3H2,1H3;3H,1-2H3. The molecular formula is C8H16ClNO2. The Morgan fingerprint density at radius 2 is 2.17 bits per heavy atom. The van der Waals surface area contributed by atoms with Crippen LogP contribution in [0.3, 0.4) is 0 Å². The fourth-order valence-corrected chi connectivity index (χ4v) is 0.345. The van der Waals surface area contributed by atoms with Gasteiger partial charge in [0.2, 0.25) is 0 Å². The molecule has 0 heterocycles. The molecule has 0 aromatic heterocycles. The molecular weight excluding hydrogens is 178 g/mol. The summed E-state index contributed by atoms with van der Waals surface area (Å²) < 4.78 is 4.56. The van der Waals surface area contributed by atoms with Gasteiger partial charge in [-0.25, -0.2) is 4.79 Å². The highest BCUT2D eigenvalue weighted by Crippen LogP contribution is 2.02. The van der Waals surface area contributed by atoms with E-state index in [2.05, 4.69) is 16.6 Å². The van der Waals surface area contributed by atoms with Crippen LogP contribution in [-0.2, 0) is 9.53 Å². The number of halogens is 1. The fraction of sp³-hybridized carbons (Fsp3) is 0.625. The summed E-state index contributed by atoms with van der Waals surface area (Å²) in [5.41, 5.74) is -0.518. The van der Waals surface area contributed by atoms with Crippen LogP contribution in [0.15, 0.2) is 12.7 Å². The Kier molecular flexibility index (Phi) is 12.2. The number of ether oxygens (including phenoxy) is 1. The summed E-state index contributed by atoms with van der Waals surface area (Å²) in [6.45, 7) is 5.04. The van der Waals surface area contributed by atoms with E-state index in [0.717, 1.165) is 6.08 Å². The molecule has 12 heavy (non-hydrogen) atoms. The van der Waals surface area contributed by atoms with Gasteiger partial charge in [-0.05, 0) is 20.5 Å². The topological polar surface area (TPSA) is 38.3 Å². The maximum Gasteiger partial charge on any atom is 0.331 e. The molecule has 0 radical (unpaired) electrons. The summed E-state index contributed by atoms with van der Waals surface area (Å²) in [6.07, 6.45) is 1.70. The molecule has 0 aliphatic carbocycles. The second-order valence-electron chi connectivity index (χ2n) is 1.96. The van der Waals surface area contributed by atoms with Gasteiger partial charge in [0.25, 0.3) is 0 Å². The first-order valence-corrected chi connectivity index (χ1v) is 4.11. The predicted octanol–water partition coefficient (Wildman–Crippen LogP) is 1.53. The second-order valence-corrected chi connectivity index (χ2v) is 2.45. The van der Waals surface area contributed by atoms with Gasteiger partial charge in [0.05, 0.1) is 0 Å². The lowest BCUT2D eigenvalue weighted by atomic mass is 10.5. The Hall–Kier alpha value is -0.540. The minimum Gasteiger partial charge on any atom is -0.443 e. The lowest BCUT2D eigenvalue weighted by Gasteiger charge is -2.04. The number of carbonyl (C=O) groups excluding carboxylic acids is 1. The van der Waals surface area contributed by atoms with E-state index >= 15 is 0 Å². The van der Waals surface area contributed by atoms with E-state index in [0.29, 0.717) is 6.42 Å². The van der Waals surface area contributed by atoms with Gasteiger partial charge in [0, 0.05) is 6.08 Å². The smallest absolute Gasteiger partial charge is 0.331 e. The first kappa shape index (κ1) is 14.0. The van der Waals surface area contributed by atoms with Gasteiger partial charge in [0.15, 0.2) is 5.56 Å². The van der Waals surface area contributed by atoms with Crippen LogP contribution >= 0.6 is 11.6 Å². The van der Waals surface area contributed by atoms with Crippen LogP contribution in [0.4, 0.5) is 0 Å². The van der Waals surface area contributed by atoms with Crippen molar-refractivity contribution in [3.05, 3.63) is 12.7 Å². The molecule has 0 spiro atoms. The Bertz CT molecular complexity index is 128. The maximum atomic E-state index is 10.4. The number of hydrogen-bond donors (Lipinski definition) is 1. The fourth-order valence-electron chi connectivity index (χ4n) is 0.257. The van der Waals surface area contributed by atoms with Crippen LogP contribution in [0, 0.1) is 0 Å². The molecule has 72 valence electrons. The van der Waals surface area contributed by atoms with Crippen molar-refractivity contribution < 1.29 is 9.53 Å². The van der Waals surface area contributed by atoms with Crippen molar-refractivity contribution in [3.63, 3.8) is 0 Å². The highest BCUT2D eigenvalue weighted by Gasteiger charge is 2.03. The van der Waals surface area contributed by atoms with Gasteiger partial charge in [-0.1, -0.05) is 25.1 Å².